The van der Waals surface area contributed by atoms with E-state index in [1.165, 1.54) is 6.20 Å². The molecule has 0 saturated carbocycles. The highest BCUT2D eigenvalue weighted by molar-refractivity contribution is 7.91. The van der Waals surface area contributed by atoms with Gasteiger partial charge in [-0.15, -0.1) is 0 Å². The molecule has 2 aromatic rings. The van der Waals surface area contributed by atoms with E-state index in [0.717, 1.165) is 0 Å². The average molecular weight is 365 g/mol. The molecule has 0 radical (unpaired) electrons. The molecule has 0 aliphatic carbocycles. The lowest BCUT2D eigenvalue weighted by atomic mass is 10.3. The summed E-state index contributed by atoms with van der Waals surface area (Å²) in [7, 11) is -1.48. The Morgan fingerprint density at radius 1 is 1.36 bits per heavy atom. The van der Waals surface area contributed by atoms with Gasteiger partial charge in [-0.25, -0.2) is 13.1 Å². The third kappa shape index (κ3) is 4.30. The Bertz CT molecular complexity index is 862. The predicted molar refractivity (Wildman–Crippen MR) is 91.7 cm³/mol. The van der Waals surface area contributed by atoms with Crippen molar-refractivity contribution in [2.45, 2.75) is 12.5 Å². The number of carbonyl (C=O) groups excluding carboxylic acids is 1. The third-order valence-corrected chi connectivity index (χ3v) is 5.65. The number of hydrogen-bond acceptors (Lipinski definition) is 6. The van der Waals surface area contributed by atoms with Crippen LogP contribution in [0.1, 0.15) is 12.5 Å². The maximum absolute atomic E-state index is 12.1. The van der Waals surface area contributed by atoms with Gasteiger partial charge in [0.2, 0.25) is 0 Å². The average Bonchev–Trinajstić information content (AvgIpc) is 3.19. The van der Waals surface area contributed by atoms with Crippen LogP contribution in [0.3, 0.4) is 0 Å². The van der Waals surface area contributed by atoms with Crippen LogP contribution in [0.2, 0.25) is 0 Å². The van der Waals surface area contributed by atoms with Gasteiger partial charge in [-0.3, -0.25) is 4.79 Å². The van der Waals surface area contributed by atoms with Gasteiger partial charge < -0.3 is 14.8 Å². The molecule has 9 heteroatoms. The number of sulfone groups is 1. The monoisotopic (exact) mass is 365 g/mol. The number of rotatable bonds is 6. The molecule has 134 valence electrons. The lowest BCUT2D eigenvalue weighted by Crippen LogP contribution is -2.23. The van der Waals surface area contributed by atoms with E-state index >= 15 is 0 Å². The van der Waals surface area contributed by atoms with Crippen molar-refractivity contribution in [2.24, 2.45) is 0 Å². The van der Waals surface area contributed by atoms with Gasteiger partial charge in [-0.05, 0) is 18.6 Å². The number of ether oxygens (including phenoxy) is 2. The second kappa shape index (κ2) is 7.14. The number of methoxy groups -OCH3 is 1. The molecule has 1 amide bonds. The van der Waals surface area contributed by atoms with E-state index in [2.05, 4.69) is 10.4 Å². The van der Waals surface area contributed by atoms with Gasteiger partial charge in [-0.1, -0.05) is 6.07 Å². The normalized spacial score (nSPS) is 18.7. The van der Waals surface area contributed by atoms with Crippen LogP contribution in [-0.2, 0) is 14.6 Å². The molecule has 1 aromatic carbocycles. The molecule has 1 atom stereocenters. The Kier molecular flexibility index (Phi) is 4.93. The lowest BCUT2D eigenvalue weighted by molar-refractivity contribution is -0.118. The fourth-order valence-electron chi connectivity index (χ4n) is 2.69. The number of benzene rings is 1. The van der Waals surface area contributed by atoms with E-state index in [0.29, 0.717) is 23.7 Å². The lowest BCUT2D eigenvalue weighted by Gasteiger charge is -2.14. The van der Waals surface area contributed by atoms with Crippen LogP contribution in [0, 0.1) is 0 Å². The molecule has 3 rings (SSSR count). The molecule has 0 spiro atoms. The number of anilines is 1. The van der Waals surface area contributed by atoms with E-state index in [9.17, 15) is 13.2 Å². The number of carbonyl (C=O) groups is 1. The first-order valence-electron chi connectivity index (χ1n) is 7.77. The number of nitrogens with zero attached hydrogens (tertiary/aromatic N) is 2. The van der Waals surface area contributed by atoms with Crippen molar-refractivity contribution in [1.29, 1.82) is 0 Å². The Balaban J connectivity index is 1.59. The fourth-order valence-corrected chi connectivity index (χ4v) is 4.38. The number of hydrogen-bond donors (Lipinski definition) is 1. The van der Waals surface area contributed by atoms with E-state index < -0.39 is 9.84 Å². The van der Waals surface area contributed by atoms with Crippen molar-refractivity contribution in [3.05, 3.63) is 36.5 Å². The highest BCUT2D eigenvalue weighted by Crippen LogP contribution is 2.26. The largest absolute Gasteiger partial charge is 0.497 e. The van der Waals surface area contributed by atoms with Crippen molar-refractivity contribution >= 4 is 21.6 Å². The maximum atomic E-state index is 12.1. The summed E-state index contributed by atoms with van der Waals surface area (Å²) < 4.78 is 35.3. The van der Waals surface area contributed by atoms with Crippen molar-refractivity contribution in [3.8, 4) is 11.5 Å². The van der Waals surface area contributed by atoms with Gasteiger partial charge in [0.05, 0.1) is 30.9 Å². The molecule has 1 fully saturated rings. The van der Waals surface area contributed by atoms with Crippen molar-refractivity contribution < 1.29 is 22.7 Å². The van der Waals surface area contributed by atoms with Gasteiger partial charge in [0.15, 0.2) is 16.4 Å². The molecule has 1 saturated heterocycles. The van der Waals surface area contributed by atoms with Crippen molar-refractivity contribution in [2.75, 3.05) is 30.5 Å². The maximum Gasteiger partial charge on any atom is 0.263 e. The molecule has 1 aliphatic heterocycles. The molecule has 1 N–H and O–H groups in total. The number of amides is 1. The Hall–Kier alpha value is -2.55. The molecule has 25 heavy (non-hydrogen) atoms. The highest BCUT2D eigenvalue weighted by Gasteiger charge is 2.31. The van der Waals surface area contributed by atoms with E-state index in [4.69, 9.17) is 9.47 Å². The second-order valence-electron chi connectivity index (χ2n) is 5.73. The summed E-state index contributed by atoms with van der Waals surface area (Å²) in [5, 5.41) is 6.84. The fraction of sp³-hybridized carbons (Fsp3) is 0.375. The van der Waals surface area contributed by atoms with Crippen LogP contribution in [0.5, 0.6) is 11.5 Å². The molecular weight excluding hydrogens is 346 g/mol. The zero-order valence-corrected chi connectivity index (χ0v) is 14.5. The highest BCUT2D eigenvalue weighted by atomic mass is 32.2. The smallest absolute Gasteiger partial charge is 0.263 e. The molecule has 1 aliphatic rings. The van der Waals surface area contributed by atoms with E-state index in [-0.39, 0.29) is 30.1 Å². The van der Waals surface area contributed by atoms with Crippen LogP contribution in [0.15, 0.2) is 36.5 Å². The molecule has 1 aromatic heterocycles. The quantitative estimate of drug-likeness (QED) is 0.827. The summed E-state index contributed by atoms with van der Waals surface area (Å²) >= 11 is 0. The summed E-state index contributed by atoms with van der Waals surface area (Å²) in [6, 6.07) is 8.33. The van der Waals surface area contributed by atoms with Gasteiger partial charge in [-0.2, -0.15) is 5.10 Å². The minimum absolute atomic E-state index is 0.0395. The predicted octanol–water partition coefficient (Wildman–Crippen LogP) is 1.27. The topological polar surface area (TPSA) is 99.5 Å². The Labute approximate surface area is 145 Å². The van der Waals surface area contributed by atoms with Crippen LogP contribution in [0.25, 0.3) is 0 Å². The zero-order chi connectivity index (χ0) is 17.9. The summed E-state index contributed by atoms with van der Waals surface area (Å²) in [5.41, 5.74) is 0. The van der Waals surface area contributed by atoms with E-state index in [1.54, 1.807) is 42.1 Å². The summed E-state index contributed by atoms with van der Waals surface area (Å²) in [6.07, 6.45) is 2.02. The van der Waals surface area contributed by atoms with Crippen molar-refractivity contribution in [1.82, 2.24) is 9.78 Å². The molecule has 2 heterocycles. The molecule has 8 nitrogen and oxygen atoms in total. The molecular formula is C16H19N3O5S. The Morgan fingerprint density at radius 2 is 2.16 bits per heavy atom. The van der Waals surface area contributed by atoms with Gasteiger partial charge >= 0.3 is 0 Å². The van der Waals surface area contributed by atoms with Crippen LogP contribution < -0.4 is 14.8 Å². The second-order valence-corrected chi connectivity index (χ2v) is 7.96. The van der Waals surface area contributed by atoms with Crippen LogP contribution >= 0.6 is 0 Å². The van der Waals surface area contributed by atoms with Crippen molar-refractivity contribution in [3.63, 3.8) is 0 Å². The first-order valence-corrected chi connectivity index (χ1v) is 9.59. The number of aromatic nitrogens is 2. The minimum Gasteiger partial charge on any atom is -0.497 e. The minimum atomic E-state index is -3.03. The zero-order valence-electron chi connectivity index (χ0n) is 13.7. The van der Waals surface area contributed by atoms with Crippen LogP contribution in [-0.4, -0.2) is 49.3 Å². The third-order valence-electron chi connectivity index (χ3n) is 3.90. The van der Waals surface area contributed by atoms with Gasteiger partial charge in [0.25, 0.3) is 5.91 Å². The van der Waals surface area contributed by atoms with Crippen LogP contribution in [0.4, 0.5) is 5.82 Å². The molecule has 1 unspecified atom stereocenters. The van der Waals surface area contributed by atoms with Gasteiger partial charge in [0, 0.05) is 12.1 Å². The first-order chi connectivity index (χ1) is 12.0. The number of nitrogens with one attached hydrogen (secondary N) is 1. The summed E-state index contributed by atoms with van der Waals surface area (Å²) in [6.45, 7) is -0.179. The summed E-state index contributed by atoms with van der Waals surface area (Å²) in [5.74, 6) is 1.44. The standard InChI is InChI=1S/C16H19N3O5S/c1-23-13-3-2-4-14(9-13)24-10-16(20)18-15-5-7-17-19(15)12-6-8-25(21,22)11-12/h2-5,7,9,12H,6,8,10-11H2,1H3,(H,18,20). The SMILES string of the molecule is COc1cccc(OCC(=O)Nc2ccnn2C2CCS(=O)(=O)C2)c1. The van der Waals surface area contributed by atoms with Gasteiger partial charge in [0.1, 0.15) is 17.3 Å². The first kappa shape index (κ1) is 17.3. The van der Waals surface area contributed by atoms with E-state index in [1.807, 2.05) is 0 Å². The Morgan fingerprint density at radius 3 is 2.88 bits per heavy atom. The molecule has 0 bridgehead atoms. The summed E-state index contributed by atoms with van der Waals surface area (Å²) in [4.78, 5) is 12.1.